The predicted molar refractivity (Wildman–Crippen MR) is 111 cm³/mol. The Kier molecular flexibility index (Phi) is 8.11. The van der Waals surface area contributed by atoms with E-state index >= 15 is 0 Å². The third-order valence-electron chi connectivity index (χ3n) is 5.21. The highest BCUT2D eigenvalue weighted by atomic mass is 16.6. The zero-order chi connectivity index (χ0) is 20.3. The first-order valence-corrected chi connectivity index (χ1v) is 10.4. The molecule has 0 radical (unpaired) electrons. The summed E-state index contributed by atoms with van der Waals surface area (Å²) in [6.07, 6.45) is 4.86. The van der Waals surface area contributed by atoms with Crippen molar-refractivity contribution in [3.05, 3.63) is 71.8 Å². The number of nitrogens with one attached hydrogen (secondary N) is 1. The highest BCUT2D eigenvalue weighted by Crippen LogP contribution is 2.22. The molecule has 2 aromatic carbocycles. The Bertz CT molecular complexity index is 697. The Morgan fingerprint density at radius 1 is 0.862 bits per heavy atom. The lowest BCUT2D eigenvalue weighted by molar-refractivity contribution is -0.150. The first-order chi connectivity index (χ1) is 14.2. The number of ether oxygens (including phenoxy) is 2. The van der Waals surface area contributed by atoms with E-state index in [1.54, 1.807) is 0 Å². The maximum absolute atomic E-state index is 12.4. The van der Waals surface area contributed by atoms with Crippen molar-refractivity contribution in [3.63, 3.8) is 0 Å². The summed E-state index contributed by atoms with van der Waals surface area (Å²) < 4.78 is 11.1. The van der Waals surface area contributed by atoms with Gasteiger partial charge in [0.1, 0.15) is 12.7 Å². The number of hydrogen-bond acceptors (Lipinski definition) is 4. The smallest absolute Gasteiger partial charge is 0.407 e. The SMILES string of the molecule is O=C(CCc1ccccc1)O[C@H]1CCCCC[C@@H]1NC(=O)OCc1ccccc1. The normalized spacial score (nSPS) is 19.0. The van der Waals surface area contributed by atoms with Crippen molar-refractivity contribution in [1.82, 2.24) is 5.32 Å². The van der Waals surface area contributed by atoms with Gasteiger partial charge in [-0.25, -0.2) is 4.79 Å². The molecule has 1 aliphatic rings. The van der Waals surface area contributed by atoms with Crippen LogP contribution in [0.2, 0.25) is 0 Å². The van der Waals surface area contributed by atoms with E-state index in [1.807, 2.05) is 60.7 Å². The molecule has 0 saturated heterocycles. The summed E-state index contributed by atoms with van der Waals surface area (Å²) in [7, 11) is 0. The number of hydrogen-bond donors (Lipinski definition) is 1. The molecule has 154 valence electrons. The van der Waals surface area contributed by atoms with Gasteiger partial charge in [-0.1, -0.05) is 73.5 Å². The van der Waals surface area contributed by atoms with E-state index < -0.39 is 6.09 Å². The number of benzene rings is 2. The van der Waals surface area contributed by atoms with Gasteiger partial charge in [-0.15, -0.1) is 0 Å². The number of alkyl carbamates (subject to hydrolysis) is 1. The summed E-state index contributed by atoms with van der Waals surface area (Å²) in [5.41, 5.74) is 2.05. The van der Waals surface area contributed by atoms with Crippen LogP contribution in [0.1, 0.15) is 49.7 Å². The van der Waals surface area contributed by atoms with Gasteiger partial charge in [0.25, 0.3) is 0 Å². The number of aryl methyl sites for hydroxylation is 1. The second kappa shape index (κ2) is 11.2. The van der Waals surface area contributed by atoms with Crippen molar-refractivity contribution in [2.24, 2.45) is 0 Å². The van der Waals surface area contributed by atoms with Crippen molar-refractivity contribution in [2.45, 2.75) is 63.7 Å². The van der Waals surface area contributed by atoms with Crippen LogP contribution >= 0.6 is 0 Å². The van der Waals surface area contributed by atoms with Gasteiger partial charge >= 0.3 is 12.1 Å². The Morgan fingerprint density at radius 3 is 2.24 bits per heavy atom. The first-order valence-electron chi connectivity index (χ1n) is 10.4. The van der Waals surface area contributed by atoms with Gasteiger partial charge < -0.3 is 14.8 Å². The number of amides is 1. The molecule has 1 amide bonds. The van der Waals surface area contributed by atoms with Gasteiger partial charge in [0, 0.05) is 6.42 Å². The van der Waals surface area contributed by atoms with Crippen LogP contribution in [-0.2, 0) is 27.3 Å². The molecule has 1 aliphatic carbocycles. The molecule has 0 unspecified atom stereocenters. The summed E-state index contributed by atoms with van der Waals surface area (Å²) in [4.78, 5) is 24.6. The van der Waals surface area contributed by atoms with Crippen molar-refractivity contribution in [1.29, 1.82) is 0 Å². The number of rotatable bonds is 7. The average molecular weight is 395 g/mol. The monoisotopic (exact) mass is 395 g/mol. The quantitative estimate of drug-likeness (QED) is 0.541. The van der Waals surface area contributed by atoms with Crippen LogP contribution in [0.15, 0.2) is 60.7 Å². The third kappa shape index (κ3) is 7.26. The van der Waals surface area contributed by atoms with Gasteiger partial charge in [0.2, 0.25) is 0 Å². The lowest BCUT2D eigenvalue weighted by Crippen LogP contribution is -2.45. The van der Waals surface area contributed by atoms with Crippen LogP contribution < -0.4 is 5.32 Å². The summed E-state index contributed by atoms with van der Waals surface area (Å²) in [6, 6.07) is 19.3. The number of carbonyl (C=O) groups excluding carboxylic acids is 2. The van der Waals surface area contributed by atoms with Gasteiger partial charge in [0.15, 0.2) is 0 Å². The predicted octanol–water partition coefficient (Wildman–Crippen LogP) is 4.79. The molecule has 0 spiro atoms. The molecule has 2 aromatic rings. The zero-order valence-corrected chi connectivity index (χ0v) is 16.7. The van der Waals surface area contributed by atoms with Crippen molar-refractivity contribution in [3.8, 4) is 0 Å². The summed E-state index contributed by atoms with van der Waals surface area (Å²) in [5.74, 6) is -0.217. The van der Waals surface area contributed by atoms with E-state index in [4.69, 9.17) is 9.47 Å². The van der Waals surface area contributed by atoms with E-state index in [2.05, 4.69) is 5.32 Å². The van der Waals surface area contributed by atoms with E-state index in [1.165, 1.54) is 0 Å². The molecule has 1 fully saturated rings. The molecule has 1 N–H and O–H groups in total. The minimum Gasteiger partial charge on any atom is -0.460 e. The molecule has 1 saturated carbocycles. The standard InChI is InChI=1S/C24H29NO4/c26-23(17-16-19-10-4-1-5-11-19)29-22-15-9-3-8-14-21(22)25-24(27)28-18-20-12-6-2-7-13-20/h1-2,4-7,10-13,21-22H,3,8-9,14-18H2,(H,25,27)/t21-,22-/m0/s1. The van der Waals surface area contributed by atoms with Crippen LogP contribution in [0, 0.1) is 0 Å². The molecule has 2 atom stereocenters. The number of carbonyl (C=O) groups is 2. The lowest BCUT2D eigenvalue weighted by Gasteiger charge is -2.26. The minimum absolute atomic E-state index is 0.207. The highest BCUT2D eigenvalue weighted by molar-refractivity contribution is 5.70. The van der Waals surface area contributed by atoms with Crippen LogP contribution in [0.5, 0.6) is 0 Å². The van der Waals surface area contributed by atoms with E-state index in [9.17, 15) is 9.59 Å². The fourth-order valence-corrected chi connectivity index (χ4v) is 3.61. The summed E-state index contributed by atoms with van der Waals surface area (Å²) in [6.45, 7) is 0.223. The topological polar surface area (TPSA) is 64.6 Å². The van der Waals surface area contributed by atoms with Gasteiger partial charge in [-0.05, 0) is 36.8 Å². The van der Waals surface area contributed by atoms with Crippen LogP contribution in [-0.4, -0.2) is 24.2 Å². The molecular weight excluding hydrogens is 366 g/mol. The second-order valence-corrected chi connectivity index (χ2v) is 7.46. The lowest BCUT2D eigenvalue weighted by atomic mass is 10.1. The molecule has 0 aliphatic heterocycles. The Hall–Kier alpha value is -2.82. The van der Waals surface area contributed by atoms with Crippen molar-refractivity contribution in [2.75, 3.05) is 0 Å². The zero-order valence-electron chi connectivity index (χ0n) is 16.7. The molecular formula is C24H29NO4. The molecule has 0 heterocycles. The van der Waals surface area contributed by atoms with Gasteiger partial charge in [-0.3, -0.25) is 4.79 Å². The maximum Gasteiger partial charge on any atom is 0.407 e. The van der Waals surface area contributed by atoms with E-state index in [0.29, 0.717) is 12.8 Å². The fourth-order valence-electron chi connectivity index (χ4n) is 3.61. The van der Waals surface area contributed by atoms with Crippen molar-refractivity contribution >= 4 is 12.1 Å². The Labute approximate surface area is 172 Å². The average Bonchev–Trinajstić information content (AvgIpc) is 2.97. The molecule has 5 heteroatoms. The molecule has 0 aromatic heterocycles. The molecule has 3 rings (SSSR count). The van der Waals surface area contributed by atoms with Gasteiger partial charge in [0.05, 0.1) is 6.04 Å². The molecule has 5 nitrogen and oxygen atoms in total. The van der Waals surface area contributed by atoms with Gasteiger partial charge in [-0.2, -0.15) is 0 Å². The first kappa shape index (κ1) is 20.9. The molecule has 29 heavy (non-hydrogen) atoms. The van der Waals surface area contributed by atoms with E-state index in [-0.39, 0.29) is 24.7 Å². The number of esters is 1. The van der Waals surface area contributed by atoms with Crippen LogP contribution in [0.25, 0.3) is 0 Å². The summed E-state index contributed by atoms with van der Waals surface area (Å²) in [5, 5.41) is 2.92. The van der Waals surface area contributed by atoms with Crippen molar-refractivity contribution < 1.29 is 19.1 Å². The minimum atomic E-state index is -0.467. The largest absolute Gasteiger partial charge is 0.460 e. The summed E-state index contributed by atoms with van der Waals surface area (Å²) >= 11 is 0. The highest BCUT2D eigenvalue weighted by Gasteiger charge is 2.28. The maximum atomic E-state index is 12.4. The fraction of sp³-hybridized carbons (Fsp3) is 0.417. The Morgan fingerprint density at radius 2 is 1.52 bits per heavy atom. The molecule has 0 bridgehead atoms. The Balaban J connectivity index is 1.48. The van der Waals surface area contributed by atoms with E-state index in [0.717, 1.165) is 43.2 Å². The second-order valence-electron chi connectivity index (χ2n) is 7.46. The third-order valence-corrected chi connectivity index (χ3v) is 5.21. The van der Waals surface area contributed by atoms with Crippen LogP contribution in [0.4, 0.5) is 4.79 Å². The van der Waals surface area contributed by atoms with Crippen LogP contribution in [0.3, 0.4) is 0 Å².